The minimum Gasteiger partial charge on any atom is -0.412 e. The molecular formula is C27H36N4O3S. The highest BCUT2D eigenvalue weighted by atomic mass is 32.2. The lowest BCUT2D eigenvalue weighted by Crippen LogP contribution is -2.13. The van der Waals surface area contributed by atoms with Gasteiger partial charge in [0.15, 0.2) is 0 Å². The molecule has 0 aliphatic heterocycles. The van der Waals surface area contributed by atoms with Crippen LogP contribution < -0.4 is 11.1 Å². The number of nitrogens with one attached hydrogen (secondary N) is 1. The van der Waals surface area contributed by atoms with E-state index in [1.54, 1.807) is 13.1 Å². The molecule has 1 atom stereocenters. The Morgan fingerprint density at radius 2 is 1.80 bits per heavy atom. The number of hydrogen-bond donors (Lipinski definition) is 2. The van der Waals surface area contributed by atoms with Crippen molar-refractivity contribution in [1.82, 2.24) is 15.3 Å². The van der Waals surface area contributed by atoms with Gasteiger partial charge in [-0.25, -0.2) is 4.98 Å². The zero-order valence-electron chi connectivity index (χ0n) is 20.7. The number of rotatable bonds is 10. The third-order valence-corrected chi connectivity index (χ3v) is 6.92. The average Bonchev–Trinajstić information content (AvgIpc) is 2.84. The Bertz CT molecular complexity index is 1200. The van der Waals surface area contributed by atoms with Crippen LogP contribution in [0.4, 0.5) is 0 Å². The van der Waals surface area contributed by atoms with Gasteiger partial charge in [0, 0.05) is 35.5 Å². The molecule has 0 fully saturated rings. The predicted molar refractivity (Wildman–Crippen MR) is 144 cm³/mol. The van der Waals surface area contributed by atoms with Crippen LogP contribution in [0.25, 0.3) is 17.0 Å². The third kappa shape index (κ3) is 7.39. The van der Waals surface area contributed by atoms with Crippen LogP contribution in [-0.4, -0.2) is 37.2 Å². The van der Waals surface area contributed by atoms with E-state index >= 15 is 0 Å². The molecule has 2 aromatic carbocycles. The highest BCUT2D eigenvalue weighted by molar-refractivity contribution is 7.85. The Balaban J connectivity index is 0.00000324. The molecule has 188 valence electrons. The number of ketones is 1. The van der Waals surface area contributed by atoms with Crippen molar-refractivity contribution in [3.8, 4) is 11.3 Å². The molecule has 3 rings (SSSR count). The van der Waals surface area contributed by atoms with Crippen LogP contribution in [-0.2, 0) is 17.3 Å². The van der Waals surface area contributed by atoms with Gasteiger partial charge in [-0.2, -0.15) is 0 Å². The highest BCUT2D eigenvalue weighted by Gasteiger charge is 2.14. The largest absolute Gasteiger partial charge is 0.412 e. The van der Waals surface area contributed by atoms with Crippen molar-refractivity contribution in [2.24, 2.45) is 5.73 Å². The van der Waals surface area contributed by atoms with Crippen molar-refractivity contribution < 1.29 is 15.9 Å². The van der Waals surface area contributed by atoms with Crippen molar-refractivity contribution in [3.63, 3.8) is 0 Å². The Hall–Kier alpha value is -3.20. The number of nitrogens with two attached hydrogens (primary N) is 1. The molecule has 1 aromatic heterocycles. The fourth-order valence-corrected chi connectivity index (χ4v) is 4.32. The van der Waals surface area contributed by atoms with E-state index in [1.807, 2.05) is 62.4 Å². The fourth-order valence-electron chi connectivity index (χ4n) is 3.37. The van der Waals surface area contributed by atoms with Crippen molar-refractivity contribution in [2.75, 3.05) is 6.54 Å². The Labute approximate surface area is 211 Å². The van der Waals surface area contributed by atoms with Crippen LogP contribution in [0.3, 0.4) is 0 Å². The summed E-state index contributed by atoms with van der Waals surface area (Å²) < 4.78 is 12.3. The summed E-state index contributed by atoms with van der Waals surface area (Å²) in [6.07, 6.45) is 4.13. The second-order valence-electron chi connectivity index (χ2n) is 8.40. The number of carbonyl (C=O) groups excluding carboxylic acids is 1. The first-order valence-corrected chi connectivity index (χ1v) is 12.7. The second-order valence-corrected chi connectivity index (χ2v) is 10.4. The standard InChI is InChI=1S/C27H32N4O2S.H2O.H2/c1-5-14-29-16-20-6-8-21(9-7-20)24(28)15-26(32)27-19(4)30-17-25(31-27)22-10-12-23(13-11-22)34(33)18(2)3;;/h6-13,15,17-18,29H,5,14,16,28H2,1-4H3;1H2;1H. The van der Waals surface area contributed by atoms with Crippen molar-refractivity contribution >= 4 is 22.3 Å². The zero-order chi connectivity index (χ0) is 24.7. The molecule has 0 saturated heterocycles. The Morgan fingerprint density at radius 3 is 2.40 bits per heavy atom. The van der Waals surface area contributed by atoms with E-state index in [-0.39, 0.29) is 23.6 Å². The van der Waals surface area contributed by atoms with Crippen molar-refractivity contribution in [3.05, 3.63) is 83.3 Å². The molecule has 1 heterocycles. The number of carbonyl (C=O) groups is 1. The van der Waals surface area contributed by atoms with Crippen LogP contribution >= 0.6 is 0 Å². The van der Waals surface area contributed by atoms with E-state index in [9.17, 15) is 9.00 Å². The van der Waals surface area contributed by atoms with Gasteiger partial charge in [-0.15, -0.1) is 0 Å². The van der Waals surface area contributed by atoms with Gasteiger partial charge >= 0.3 is 0 Å². The molecule has 0 aliphatic rings. The number of aryl methyl sites for hydroxylation is 1. The first-order chi connectivity index (χ1) is 16.3. The molecule has 0 spiro atoms. The number of hydrogen-bond acceptors (Lipinski definition) is 6. The fraction of sp³-hybridized carbons (Fsp3) is 0.296. The number of allylic oxidation sites excluding steroid dienone is 1. The highest BCUT2D eigenvalue weighted by Crippen LogP contribution is 2.21. The lowest BCUT2D eigenvalue weighted by atomic mass is 10.1. The van der Waals surface area contributed by atoms with Gasteiger partial charge in [-0.05, 0) is 43.1 Å². The van der Waals surface area contributed by atoms with Crippen LogP contribution in [0.5, 0.6) is 0 Å². The average molecular weight is 497 g/mol. The van der Waals surface area contributed by atoms with Crippen LogP contribution in [0, 0.1) is 6.92 Å². The van der Waals surface area contributed by atoms with Gasteiger partial charge in [0.1, 0.15) is 5.69 Å². The molecule has 0 amide bonds. The number of nitrogens with zero attached hydrogens (tertiary/aromatic N) is 2. The lowest BCUT2D eigenvalue weighted by Gasteiger charge is -2.09. The van der Waals surface area contributed by atoms with Crippen LogP contribution in [0.15, 0.2) is 65.7 Å². The molecular weight excluding hydrogens is 460 g/mol. The molecule has 0 bridgehead atoms. The SMILES string of the molecule is CCCNCc1ccc(C(N)=CC(=O)c2nc(-c3ccc(S(=O)C(C)C)cc3)cnc2C)cc1.O.[HH]. The van der Waals surface area contributed by atoms with Crippen LogP contribution in [0.1, 0.15) is 55.9 Å². The van der Waals surface area contributed by atoms with Gasteiger partial charge in [-0.3, -0.25) is 14.0 Å². The van der Waals surface area contributed by atoms with E-state index in [0.29, 0.717) is 17.1 Å². The van der Waals surface area contributed by atoms with E-state index in [2.05, 4.69) is 22.2 Å². The summed E-state index contributed by atoms with van der Waals surface area (Å²) in [6.45, 7) is 9.50. The van der Waals surface area contributed by atoms with Crippen molar-refractivity contribution in [1.29, 1.82) is 0 Å². The van der Waals surface area contributed by atoms with Crippen molar-refractivity contribution in [2.45, 2.75) is 50.8 Å². The Morgan fingerprint density at radius 1 is 1.14 bits per heavy atom. The van der Waals surface area contributed by atoms with Crippen LogP contribution in [0.2, 0.25) is 0 Å². The maximum Gasteiger partial charge on any atom is 0.208 e. The molecule has 0 radical (unpaired) electrons. The smallest absolute Gasteiger partial charge is 0.208 e. The molecule has 0 saturated carbocycles. The second kappa shape index (κ2) is 13.0. The van der Waals surface area contributed by atoms with Gasteiger partial charge < -0.3 is 16.5 Å². The lowest BCUT2D eigenvalue weighted by molar-refractivity contribution is 0.104. The normalized spacial score (nSPS) is 12.3. The number of aromatic nitrogens is 2. The molecule has 8 heteroatoms. The minimum atomic E-state index is -1.06. The zero-order valence-corrected chi connectivity index (χ0v) is 21.5. The Kier molecular flexibility index (Phi) is 10.4. The summed E-state index contributed by atoms with van der Waals surface area (Å²) >= 11 is 0. The maximum atomic E-state index is 13.0. The minimum absolute atomic E-state index is 0. The maximum absolute atomic E-state index is 13.0. The van der Waals surface area contributed by atoms with E-state index in [4.69, 9.17) is 5.73 Å². The quantitative estimate of drug-likeness (QED) is 0.247. The van der Waals surface area contributed by atoms with E-state index in [0.717, 1.165) is 41.1 Å². The monoisotopic (exact) mass is 496 g/mol. The summed E-state index contributed by atoms with van der Waals surface area (Å²) in [7, 11) is -1.06. The summed E-state index contributed by atoms with van der Waals surface area (Å²) in [5.74, 6) is -0.296. The predicted octanol–water partition coefficient (Wildman–Crippen LogP) is 4.07. The molecule has 7 nitrogen and oxygen atoms in total. The molecule has 1 unspecified atom stereocenters. The molecule has 35 heavy (non-hydrogen) atoms. The summed E-state index contributed by atoms with van der Waals surface area (Å²) in [5.41, 5.74) is 10.7. The first-order valence-electron chi connectivity index (χ1n) is 11.5. The first kappa shape index (κ1) is 28.0. The van der Waals surface area contributed by atoms with Gasteiger partial charge in [-0.1, -0.05) is 57.2 Å². The van der Waals surface area contributed by atoms with E-state index < -0.39 is 10.8 Å². The topological polar surface area (TPSA) is 129 Å². The molecule has 3 aromatic rings. The summed E-state index contributed by atoms with van der Waals surface area (Å²) in [6, 6.07) is 15.2. The van der Waals surface area contributed by atoms with Gasteiger partial charge in [0.25, 0.3) is 0 Å². The van der Waals surface area contributed by atoms with E-state index in [1.165, 1.54) is 6.08 Å². The summed E-state index contributed by atoms with van der Waals surface area (Å²) in [5, 5.41) is 3.40. The molecule has 0 aliphatic carbocycles. The third-order valence-electron chi connectivity index (χ3n) is 5.33. The van der Waals surface area contributed by atoms with Gasteiger partial charge in [0.2, 0.25) is 5.78 Å². The van der Waals surface area contributed by atoms with Gasteiger partial charge in [0.05, 0.1) is 28.4 Å². The molecule has 5 N–H and O–H groups in total. The number of benzene rings is 2. The summed E-state index contributed by atoms with van der Waals surface area (Å²) in [4.78, 5) is 22.7.